The minimum absolute atomic E-state index is 0.0400. The van der Waals surface area contributed by atoms with Gasteiger partial charge in [0.2, 0.25) is 5.91 Å². The van der Waals surface area contributed by atoms with Crippen LogP contribution < -0.4 is 10.1 Å². The highest BCUT2D eigenvalue weighted by atomic mass is 35.5. The lowest BCUT2D eigenvalue weighted by molar-refractivity contribution is -0.121. The molecule has 0 spiro atoms. The Hall–Kier alpha value is -3.69. The number of carbonyl (C=O) groups excluding carboxylic acids is 2. The normalized spacial score (nSPS) is 19.0. The molecule has 3 aromatic rings. The molecule has 5 rings (SSSR count). The molecule has 0 aliphatic carbocycles. The molecule has 0 radical (unpaired) electrons. The largest absolute Gasteiger partial charge is 0.497 e. The average molecular weight is 537 g/mol. The third kappa shape index (κ3) is 5.68. The summed E-state index contributed by atoms with van der Waals surface area (Å²) in [5, 5.41) is 9.63. The van der Waals surface area contributed by atoms with E-state index in [1.807, 2.05) is 12.1 Å². The van der Waals surface area contributed by atoms with Crippen LogP contribution in [0.3, 0.4) is 0 Å². The van der Waals surface area contributed by atoms with E-state index >= 15 is 0 Å². The van der Waals surface area contributed by atoms with Crippen molar-refractivity contribution in [2.75, 3.05) is 12.4 Å². The van der Waals surface area contributed by atoms with Gasteiger partial charge in [0.25, 0.3) is 5.91 Å². The van der Waals surface area contributed by atoms with E-state index in [4.69, 9.17) is 21.4 Å². The maximum atomic E-state index is 13.5. The number of amides is 2. The van der Waals surface area contributed by atoms with Crippen LogP contribution in [-0.4, -0.2) is 40.1 Å². The predicted octanol–water partition coefficient (Wildman–Crippen LogP) is 5.67. The van der Waals surface area contributed by atoms with Gasteiger partial charge in [0.15, 0.2) is 5.17 Å². The SMILES string of the molecule is COc1cccc(NC(=O)C[C@H]2SC(N3N=C(c4ccc(F)cc4)C[C@H]3c3ccc(Cl)cc3)=NC2=O)c1. The van der Waals surface area contributed by atoms with Crippen molar-refractivity contribution in [3.63, 3.8) is 0 Å². The fourth-order valence-electron chi connectivity index (χ4n) is 4.13. The lowest BCUT2D eigenvalue weighted by Gasteiger charge is -2.23. The van der Waals surface area contributed by atoms with E-state index in [9.17, 15) is 14.0 Å². The van der Waals surface area contributed by atoms with E-state index in [1.165, 1.54) is 23.9 Å². The lowest BCUT2D eigenvalue weighted by atomic mass is 9.99. The fourth-order valence-corrected chi connectivity index (χ4v) is 5.32. The Morgan fingerprint density at radius 2 is 1.92 bits per heavy atom. The minimum Gasteiger partial charge on any atom is -0.497 e. The number of hydrazone groups is 1. The van der Waals surface area contributed by atoms with Gasteiger partial charge in [-0.05, 0) is 47.5 Å². The summed E-state index contributed by atoms with van der Waals surface area (Å²) in [5.74, 6) is -0.403. The Morgan fingerprint density at radius 3 is 2.65 bits per heavy atom. The van der Waals surface area contributed by atoms with Crippen LogP contribution in [0.1, 0.15) is 30.0 Å². The van der Waals surface area contributed by atoms with Crippen molar-refractivity contribution in [3.8, 4) is 5.75 Å². The Morgan fingerprint density at radius 1 is 1.16 bits per heavy atom. The number of benzene rings is 3. The number of rotatable bonds is 6. The topological polar surface area (TPSA) is 83.4 Å². The van der Waals surface area contributed by atoms with Crippen LogP contribution in [0.15, 0.2) is 82.9 Å². The summed E-state index contributed by atoms with van der Waals surface area (Å²) in [6.45, 7) is 0. The quantitative estimate of drug-likeness (QED) is 0.439. The number of hydrogen-bond acceptors (Lipinski definition) is 6. The molecule has 188 valence electrons. The lowest BCUT2D eigenvalue weighted by Crippen LogP contribution is -2.25. The number of ether oxygens (including phenoxy) is 1. The van der Waals surface area contributed by atoms with Crippen molar-refractivity contribution >= 4 is 51.7 Å². The Kier molecular flexibility index (Phi) is 7.25. The first kappa shape index (κ1) is 25.0. The number of thioether (sulfide) groups is 1. The predicted molar refractivity (Wildman–Crippen MR) is 144 cm³/mol. The molecular weight excluding hydrogens is 515 g/mol. The number of nitrogens with zero attached hydrogens (tertiary/aromatic N) is 3. The molecule has 0 saturated heterocycles. The van der Waals surface area contributed by atoms with Gasteiger partial charge in [-0.3, -0.25) is 9.59 Å². The summed E-state index contributed by atoms with van der Waals surface area (Å²) in [5.41, 5.74) is 3.05. The first-order valence-electron chi connectivity index (χ1n) is 11.5. The Balaban J connectivity index is 1.34. The van der Waals surface area contributed by atoms with Crippen molar-refractivity contribution < 1.29 is 18.7 Å². The number of amidine groups is 1. The number of carbonyl (C=O) groups is 2. The van der Waals surface area contributed by atoms with E-state index in [0.717, 1.165) is 16.8 Å². The third-order valence-electron chi connectivity index (χ3n) is 5.99. The van der Waals surface area contributed by atoms with E-state index in [-0.39, 0.29) is 30.1 Å². The van der Waals surface area contributed by atoms with Crippen molar-refractivity contribution in [2.24, 2.45) is 10.1 Å². The van der Waals surface area contributed by atoms with Crippen LogP contribution in [0.25, 0.3) is 0 Å². The van der Waals surface area contributed by atoms with E-state index in [1.54, 1.807) is 60.6 Å². The zero-order chi connectivity index (χ0) is 25.9. The van der Waals surface area contributed by atoms with Gasteiger partial charge in [0.1, 0.15) is 16.8 Å². The molecule has 10 heteroatoms. The number of methoxy groups -OCH3 is 1. The average Bonchev–Trinajstić information content (AvgIpc) is 3.49. The van der Waals surface area contributed by atoms with Crippen LogP contribution in [0.4, 0.5) is 10.1 Å². The highest BCUT2D eigenvalue weighted by Gasteiger charge is 2.39. The second-order valence-electron chi connectivity index (χ2n) is 8.49. The molecule has 2 aliphatic rings. The number of hydrogen-bond donors (Lipinski definition) is 1. The number of nitrogens with one attached hydrogen (secondary N) is 1. The summed E-state index contributed by atoms with van der Waals surface area (Å²) < 4.78 is 18.7. The highest BCUT2D eigenvalue weighted by molar-refractivity contribution is 8.15. The molecule has 1 N–H and O–H groups in total. The summed E-state index contributed by atoms with van der Waals surface area (Å²) in [6, 6.07) is 20.3. The van der Waals surface area contributed by atoms with Gasteiger partial charge < -0.3 is 10.1 Å². The molecule has 0 saturated carbocycles. The Bertz CT molecular complexity index is 1400. The van der Waals surface area contributed by atoms with Gasteiger partial charge in [0.05, 0.1) is 18.9 Å². The number of halogens is 2. The zero-order valence-electron chi connectivity index (χ0n) is 19.7. The standard InChI is InChI=1S/C27H22ClFN4O3S/c1-36-21-4-2-3-20(13-21)30-25(34)15-24-26(35)31-27(37-24)33-23(17-5-9-18(28)10-6-17)14-22(32-33)16-7-11-19(29)12-8-16/h2-13,23-24H,14-15H2,1H3,(H,30,34)/t23-,24+/m0/s1. The van der Waals surface area contributed by atoms with Crippen LogP contribution in [0.5, 0.6) is 5.75 Å². The maximum absolute atomic E-state index is 13.5. The molecule has 0 bridgehead atoms. The van der Waals surface area contributed by atoms with Gasteiger partial charge in [-0.25, -0.2) is 9.40 Å². The molecule has 2 amide bonds. The van der Waals surface area contributed by atoms with E-state index in [0.29, 0.717) is 28.0 Å². The summed E-state index contributed by atoms with van der Waals surface area (Å²) in [7, 11) is 1.55. The molecule has 37 heavy (non-hydrogen) atoms. The highest BCUT2D eigenvalue weighted by Crippen LogP contribution is 2.39. The fraction of sp³-hybridized carbons (Fsp3) is 0.185. The van der Waals surface area contributed by atoms with Crippen LogP contribution in [-0.2, 0) is 9.59 Å². The number of anilines is 1. The van der Waals surface area contributed by atoms with Gasteiger partial charge in [-0.2, -0.15) is 10.1 Å². The second-order valence-corrected chi connectivity index (χ2v) is 10.1. The second kappa shape index (κ2) is 10.7. The molecule has 0 aromatic heterocycles. The maximum Gasteiger partial charge on any atom is 0.262 e. The summed E-state index contributed by atoms with van der Waals surface area (Å²) in [6.07, 6.45) is 0.490. The first-order valence-corrected chi connectivity index (χ1v) is 12.8. The number of aliphatic imine (C=N–C) groups is 1. The minimum atomic E-state index is -0.670. The van der Waals surface area contributed by atoms with Crippen molar-refractivity contribution in [2.45, 2.75) is 24.1 Å². The van der Waals surface area contributed by atoms with Crippen LogP contribution in [0.2, 0.25) is 5.02 Å². The molecule has 3 aromatic carbocycles. The van der Waals surface area contributed by atoms with Crippen molar-refractivity contribution in [1.82, 2.24) is 5.01 Å². The third-order valence-corrected chi connectivity index (χ3v) is 7.39. The van der Waals surface area contributed by atoms with Gasteiger partial charge >= 0.3 is 0 Å². The molecule has 7 nitrogen and oxygen atoms in total. The molecule has 2 heterocycles. The molecule has 2 aliphatic heterocycles. The molecule has 0 fully saturated rings. The summed E-state index contributed by atoms with van der Waals surface area (Å²) >= 11 is 7.30. The molecule has 2 atom stereocenters. The summed E-state index contributed by atoms with van der Waals surface area (Å²) in [4.78, 5) is 29.7. The molecular formula is C27H22ClFN4O3S. The van der Waals surface area contributed by atoms with Gasteiger partial charge in [0, 0.05) is 29.6 Å². The van der Waals surface area contributed by atoms with E-state index < -0.39 is 5.25 Å². The van der Waals surface area contributed by atoms with Crippen molar-refractivity contribution in [3.05, 3.63) is 94.8 Å². The zero-order valence-corrected chi connectivity index (χ0v) is 21.3. The Labute approximate surface area is 222 Å². The molecule has 0 unspecified atom stereocenters. The smallest absolute Gasteiger partial charge is 0.262 e. The van der Waals surface area contributed by atoms with Gasteiger partial charge in [-0.1, -0.05) is 53.7 Å². The van der Waals surface area contributed by atoms with Crippen LogP contribution >= 0.6 is 23.4 Å². The van der Waals surface area contributed by atoms with Crippen molar-refractivity contribution in [1.29, 1.82) is 0 Å². The van der Waals surface area contributed by atoms with E-state index in [2.05, 4.69) is 10.3 Å². The van der Waals surface area contributed by atoms with Crippen LogP contribution in [0, 0.1) is 5.82 Å². The van der Waals surface area contributed by atoms with Gasteiger partial charge in [-0.15, -0.1) is 0 Å². The first-order chi connectivity index (χ1) is 17.9. The monoisotopic (exact) mass is 536 g/mol.